The summed E-state index contributed by atoms with van der Waals surface area (Å²) in [6.45, 7) is 10.8. The van der Waals surface area contributed by atoms with Crippen LogP contribution in [0.3, 0.4) is 0 Å². The number of nitrogens with zero attached hydrogens (tertiary/aromatic N) is 6. The molecule has 212 valence electrons. The lowest BCUT2D eigenvalue weighted by Crippen LogP contribution is -2.32. The summed E-state index contributed by atoms with van der Waals surface area (Å²) in [4.78, 5) is 37.0. The SMILES string of the molecule is C=C(C)N1CCC(Cc2ncc(-c3cc(NC[C@@H](C)c4cccc5c(C(=O)NC)c(F)cnc45)ncn3)cn2)CC1. The van der Waals surface area contributed by atoms with E-state index in [2.05, 4.69) is 54.0 Å². The van der Waals surface area contributed by atoms with Crippen LogP contribution >= 0.6 is 0 Å². The average Bonchev–Trinajstić information content (AvgIpc) is 3.00. The molecule has 1 atom stereocenters. The number of rotatable bonds is 9. The number of hydrogen-bond donors (Lipinski definition) is 2. The second kappa shape index (κ2) is 12.4. The van der Waals surface area contributed by atoms with Gasteiger partial charge in [0.15, 0.2) is 5.82 Å². The van der Waals surface area contributed by atoms with E-state index in [0.29, 0.717) is 29.2 Å². The highest BCUT2D eigenvalue weighted by Crippen LogP contribution is 2.28. The van der Waals surface area contributed by atoms with Gasteiger partial charge in [0, 0.05) is 74.1 Å². The van der Waals surface area contributed by atoms with Crippen LogP contribution in [0.4, 0.5) is 10.2 Å². The Kier molecular flexibility index (Phi) is 8.47. The number of fused-ring (bicyclic) bond motifs is 1. The molecule has 0 unspecified atom stereocenters. The number of benzene rings is 1. The van der Waals surface area contributed by atoms with Crippen molar-refractivity contribution in [2.24, 2.45) is 5.92 Å². The molecule has 0 aliphatic carbocycles. The molecule has 9 nitrogen and oxygen atoms in total. The standard InChI is InChI=1S/C31H35FN8O/c1-19(2)40-10-8-21(9-11-40)12-27-35-15-22(16-36-27)26-13-28(39-18-38-26)34-14-20(3)23-6-5-7-24-29(31(41)33-4)25(32)17-37-30(23)24/h5-7,13,15-18,20-21H,1,8-12,14H2,2-4H3,(H,33,41)(H,34,38,39)/t20-/m1/s1. The molecule has 5 rings (SSSR count). The minimum Gasteiger partial charge on any atom is -0.376 e. The van der Waals surface area contributed by atoms with E-state index in [1.54, 1.807) is 6.07 Å². The third-order valence-corrected chi connectivity index (χ3v) is 7.75. The van der Waals surface area contributed by atoms with Crippen LogP contribution in [0.2, 0.25) is 0 Å². The molecule has 0 bridgehead atoms. The van der Waals surface area contributed by atoms with E-state index in [1.165, 1.54) is 13.4 Å². The van der Waals surface area contributed by atoms with E-state index in [4.69, 9.17) is 0 Å². The number of para-hydroxylation sites is 1. The maximum absolute atomic E-state index is 14.4. The van der Waals surface area contributed by atoms with Gasteiger partial charge in [0.1, 0.15) is 18.0 Å². The predicted octanol–water partition coefficient (Wildman–Crippen LogP) is 4.98. The molecule has 3 aromatic heterocycles. The summed E-state index contributed by atoms with van der Waals surface area (Å²) in [5.74, 6) is 0.978. The largest absolute Gasteiger partial charge is 0.376 e. The molecule has 10 heteroatoms. The summed E-state index contributed by atoms with van der Waals surface area (Å²) < 4.78 is 14.4. The first kappa shape index (κ1) is 28.1. The van der Waals surface area contributed by atoms with Crippen molar-refractivity contribution in [1.29, 1.82) is 0 Å². The average molecular weight is 555 g/mol. The number of halogens is 1. The highest BCUT2D eigenvalue weighted by molar-refractivity contribution is 6.06. The first-order chi connectivity index (χ1) is 19.8. The van der Waals surface area contributed by atoms with Crippen molar-refractivity contribution < 1.29 is 9.18 Å². The predicted molar refractivity (Wildman–Crippen MR) is 158 cm³/mol. The smallest absolute Gasteiger partial charge is 0.254 e. The number of carbonyl (C=O) groups excluding carboxylic acids is 1. The van der Waals surface area contributed by atoms with Gasteiger partial charge < -0.3 is 15.5 Å². The number of pyridine rings is 1. The number of carbonyl (C=O) groups is 1. The first-order valence-corrected chi connectivity index (χ1v) is 13.9. The zero-order valence-electron chi connectivity index (χ0n) is 23.7. The summed E-state index contributed by atoms with van der Waals surface area (Å²) in [7, 11) is 1.48. The Morgan fingerprint density at radius 1 is 1.12 bits per heavy atom. The summed E-state index contributed by atoms with van der Waals surface area (Å²) in [5.41, 5.74) is 4.20. The van der Waals surface area contributed by atoms with Crippen LogP contribution in [0, 0.1) is 11.7 Å². The van der Waals surface area contributed by atoms with Gasteiger partial charge in [-0.2, -0.15) is 0 Å². The van der Waals surface area contributed by atoms with E-state index in [9.17, 15) is 9.18 Å². The van der Waals surface area contributed by atoms with Crippen LogP contribution in [-0.2, 0) is 6.42 Å². The van der Waals surface area contributed by atoms with E-state index < -0.39 is 11.7 Å². The zero-order chi connectivity index (χ0) is 28.9. The van der Waals surface area contributed by atoms with E-state index >= 15 is 0 Å². The number of allylic oxidation sites excluding steroid dienone is 1. The monoisotopic (exact) mass is 554 g/mol. The van der Waals surface area contributed by atoms with Crippen molar-refractivity contribution in [3.05, 3.63) is 84.2 Å². The van der Waals surface area contributed by atoms with Crippen molar-refractivity contribution in [3.63, 3.8) is 0 Å². The molecule has 1 fully saturated rings. The molecule has 0 saturated carbocycles. The van der Waals surface area contributed by atoms with E-state index in [0.717, 1.165) is 66.9 Å². The maximum Gasteiger partial charge on any atom is 0.254 e. The van der Waals surface area contributed by atoms with Crippen molar-refractivity contribution in [3.8, 4) is 11.3 Å². The molecular formula is C31H35FN8O. The van der Waals surface area contributed by atoms with Crippen molar-refractivity contribution in [2.45, 2.75) is 39.0 Å². The molecule has 1 aromatic carbocycles. The molecule has 1 amide bonds. The molecule has 4 heterocycles. The van der Waals surface area contributed by atoms with Crippen LogP contribution in [-0.4, -0.2) is 62.4 Å². The fraction of sp³-hybridized carbons (Fsp3) is 0.355. The number of amides is 1. The van der Waals surface area contributed by atoms with Crippen molar-refractivity contribution in [1.82, 2.24) is 35.1 Å². The number of hydrogen-bond acceptors (Lipinski definition) is 8. The Bertz CT molecular complexity index is 1550. The Balaban J connectivity index is 1.24. The van der Waals surface area contributed by atoms with E-state index in [-0.39, 0.29) is 11.5 Å². The van der Waals surface area contributed by atoms with Gasteiger partial charge in [0.2, 0.25) is 0 Å². The lowest BCUT2D eigenvalue weighted by Gasteiger charge is -2.33. The van der Waals surface area contributed by atoms with Crippen molar-refractivity contribution >= 4 is 22.6 Å². The van der Waals surface area contributed by atoms with Gasteiger partial charge >= 0.3 is 0 Å². The summed E-state index contributed by atoms with van der Waals surface area (Å²) in [6, 6.07) is 7.36. The molecule has 0 spiro atoms. The minimum atomic E-state index is -0.644. The quantitative estimate of drug-likeness (QED) is 0.298. The van der Waals surface area contributed by atoms with Crippen molar-refractivity contribution in [2.75, 3.05) is 32.0 Å². The maximum atomic E-state index is 14.4. The Morgan fingerprint density at radius 2 is 1.88 bits per heavy atom. The van der Waals surface area contributed by atoms with Gasteiger partial charge in [-0.3, -0.25) is 9.78 Å². The summed E-state index contributed by atoms with van der Waals surface area (Å²) in [6.07, 6.45) is 9.39. The van der Waals surface area contributed by atoms with Crippen LogP contribution in [0.5, 0.6) is 0 Å². The first-order valence-electron chi connectivity index (χ1n) is 13.9. The molecule has 2 N–H and O–H groups in total. The fourth-order valence-electron chi connectivity index (χ4n) is 5.32. The summed E-state index contributed by atoms with van der Waals surface area (Å²) in [5, 5.41) is 6.36. The Labute approximate surface area is 239 Å². The molecule has 0 radical (unpaired) electrons. The number of anilines is 1. The van der Waals surface area contributed by atoms with Gasteiger partial charge in [0.05, 0.1) is 23.0 Å². The van der Waals surface area contributed by atoms with Gasteiger partial charge in [-0.15, -0.1) is 0 Å². The number of piperidine rings is 1. The Morgan fingerprint density at radius 3 is 2.59 bits per heavy atom. The molecule has 1 aliphatic rings. The normalized spacial score (nSPS) is 14.6. The number of likely N-dealkylation sites (tertiary alicyclic amines) is 1. The number of nitrogens with one attached hydrogen (secondary N) is 2. The zero-order valence-corrected chi connectivity index (χ0v) is 23.7. The van der Waals surface area contributed by atoms with Gasteiger partial charge in [-0.25, -0.2) is 24.3 Å². The van der Waals surface area contributed by atoms with Gasteiger partial charge in [-0.1, -0.05) is 31.7 Å². The van der Waals surface area contributed by atoms with Crippen LogP contribution in [0.1, 0.15) is 54.4 Å². The topological polar surface area (TPSA) is 109 Å². The minimum absolute atomic E-state index is 0.00125. The number of aromatic nitrogens is 5. The lowest BCUT2D eigenvalue weighted by molar-refractivity contribution is 0.0960. The molecular weight excluding hydrogens is 519 g/mol. The molecule has 1 aliphatic heterocycles. The third-order valence-electron chi connectivity index (χ3n) is 7.75. The third kappa shape index (κ3) is 6.32. The summed E-state index contributed by atoms with van der Waals surface area (Å²) >= 11 is 0. The fourth-order valence-corrected chi connectivity index (χ4v) is 5.32. The van der Waals surface area contributed by atoms with Gasteiger partial charge in [0.25, 0.3) is 5.91 Å². The highest BCUT2D eigenvalue weighted by Gasteiger charge is 2.21. The van der Waals surface area contributed by atoms with Crippen LogP contribution in [0.25, 0.3) is 22.2 Å². The Hall–Kier alpha value is -4.47. The highest BCUT2D eigenvalue weighted by atomic mass is 19.1. The molecule has 4 aromatic rings. The van der Waals surface area contributed by atoms with Gasteiger partial charge in [-0.05, 0) is 31.2 Å². The van der Waals surface area contributed by atoms with Crippen LogP contribution < -0.4 is 10.6 Å². The van der Waals surface area contributed by atoms with Crippen LogP contribution in [0.15, 0.2) is 61.5 Å². The van der Waals surface area contributed by atoms with E-state index in [1.807, 2.05) is 37.5 Å². The second-order valence-corrected chi connectivity index (χ2v) is 10.6. The second-order valence-electron chi connectivity index (χ2n) is 10.6. The molecule has 41 heavy (non-hydrogen) atoms. The lowest BCUT2D eigenvalue weighted by atomic mass is 9.93. The molecule has 1 saturated heterocycles.